The van der Waals surface area contributed by atoms with E-state index in [0.717, 1.165) is 24.3 Å². The normalized spacial score (nSPS) is 12.6. The molecule has 0 unspecified atom stereocenters. The fourth-order valence-electron chi connectivity index (χ4n) is 7.30. The molecule has 74 heavy (non-hydrogen) atoms. The van der Waals surface area contributed by atoms with Crippen LogP contribution in [0, 0.1) is 0 Å². The molecule has 8 aromatic carbocycles. The van der Waals surface area contributed by atoms with E-state index in [1.807, 2.05) is 0 Å². The lowest BCUT2D eigenvalue weighted by atomic mass is 10.0. The van der Waals surface area contributed by atoms with Gasteiger partial charge in [-0.1, -0.05) is 18.2 Å². The molecular formula is C46H38N12O13S3. The number of aromatic hydroxyl groups is 2. The Morgan fingerprint density at radius 2 is 0.892 bits per heavy atom. The molecule has 0 saturated carbocycles. The first-order chi connectivity index (χ1) is 34.9. The van der Waals surface area contributed by atoms with Crippen LogP contribution in [0.1, 0.15) is 0 Å². The Morgan fingerprint density at radius 1 is 0.405 bits per heavy atom. The number of methoxy groups -OCH3 is 2. The molecule has 0 amide bonds. The number of nitrogens with zero attached hydrogens (tertiary/aromatic N) is 8. The summed E-state index contributed by atoms with van der Waals surface area (Å²) in [6, 6.07) is 26.1. The highest BCUT2D eigenvalue weighted by Gasteiger charge is 2.26. The van der Waals surface area contributed by atoms with E-state index in [-0.39, 0.29) is 61.4 Å². The molecule has 0 aliphatic carbocycles. The highest BCUT2D eigenvalue weighted by molar-refractivity contribution is 7.86. The molecule has 13 N–H and O–H groups in total. The molecule has 0 heterocycles. The van der Waals surface area contributed by atoms with Gasteiger partial charge in [0.15, 0.2) is 11.5 Å². The van der Waals surface area contributed by atoms with E-state index in [4.69, 9.17) is 32.4 Å². The van der Waals surface area contributed by atoms with Crippen LogP contribution >= 0.6 is 0 Å². The molecule has 378 valence electrons. The van der Waals surface area contributed by atoms with Crippen molar-refractivity contribution in [3.05, 3.63) is 115 Å². The fraction of sp³-hybridized carbons (Fsp3) is 0.0435. The van der Waals surface area contributed by atoms with E-state index in [1.54, 1.807) is 48.5 Å². The predicted molar refractivity (Wildman–Crippen MR) is 273 cm³/mol. The molecule has 0 aromatic heterocycles. The number of azo groups is 4. The van der Waals surface area contributed by atoms with Gasteiger partial charge >= 0.3 is 0 Å². The number of rotatable bonds is 14. The monoisotopic (exact) mass is 1060 g/mol. The lowest BCUT2D eigenvalue weighted by Gasteiger charge is -2.12. The van der Waals surface area contributed by atoms with Gasteiger partial charge in [0.2, 0.25) is 0 Å². The van der Waals surface area contributed by atoms with Crippen molar-refractivity contribution in [1.82, 2.24) is 0 Å². The van der Waals surface area contributed by atoms with Crippen LogP contribution in [0.2, 0.25) is 0 Å². The number of anilines is 4. The largest absolute Gasteiger partial charge is 0.505 e. The van der Waals surface area contributed by atoms with Crippen molar-refractivity contribution in [1.29, 1.82) is 0 Å². The summed E-state index contributed by atoms with van der Waals surface area (Å²) in [6.07, 6.45) is 0. The number of fused-ring (bicyclic) bond motifs is 2. The van der Waals surface area contributed by atoms with E-state index in [9.17, 15) is 49.1 Å². The van der Waals surface area contributed by atoms with Crippen LogP contribution in [0.4, 0.5) is 68.2 Å². The summed E-state index contributed by atoms with van der Waals surface area (Å²) in [5, 5.41) is 54.9. The van der Waals surface area contributed by atoms with E-state index in [0.29, 0.717) is 39.6 Å². The highest BCUT2D eigenvalue weighted by Crippen LogP contribution is 2.48. The standard InChI is InChI=1S/C46H38N12O13S3/c1-70-37-15-22(4-11-34(37)53-52-33-13-6-25(47)18-32(33)50)23-5-12-35(38(16-23)71-2)54-58-43-40(73(64,65)66)17-24-3-8-27(20-29(24)46(43)60)51-57-44-41(74(67,68)69)21-30-28(45(44)59)9-10-31(49)42(30)56-55-36-14-7-26(48)19-39(36)72(61,62)63/h3-21,59-60H,47-50H2,1-2H3,(H,61,62,63)(H,64,65,66)(H,67,68,69). The lowest BCUT2D eigenvalue weighted by Crippen LogP contribution is -2.00. The summed E-state index contributed by atoms with van der Waals surface area (Å²) >= 11 is 0. The molecule has 0 radical (unpaired) electrons. The quantitative estimate of drug-likeness (QED) is 0.0277. The van der Waals surface area contributed by atoms with Crippen LogP contribution in [-0.2, 0) is 30.4 Å². The summed E-state index contributed by atoms with van der Waals surface area (Å²) in [5.41, 5.74) is 24.0. The van der Waals surface area contributed by atoms with Crippen molar-refractivity contribution < 1.29 is 58.6 Å². The van der Waals surface area contributed by atoms with Gasteiger partial charge in [0.1, 0.15) is 66.0 Å². The van der Waals surface area contributed by atoms with Gasteiger partial charge in [-0.2, -0.15) is 30.4 Å². The average Bonchev–Trinajstić information content (AvgIpc) is 3.34. The van der Waals surface area contributed by atoms with Crippen molar-refractivity contribution in [2.24, 2.45) is 40.9 Å². The van der Waals surface area contributed by atoms with Gasteiger partial charge in [-0.15, -0.1) is 35.8 Å². The molecule has 8 rings (SSSR count). The number of hydrogen-bond donors (Lipinski definition) is 9. The van der Waals surface area contributed by atoms with Gasteiger partial charge in [0, 0.05) is 27.5 Å². The molecule has 0 saturated heterocycles. The van der Waals surface area contributed by atoms with Gasteiger partial charge in [-0.05, 0) is 114 Å². The maximum absolute atomic E-state index is 12.8. The first-order valence-corrected chi connectivity index (χ1v) is 25.2. The van der Waals surface area contributed by atoms with Crippen molar-refractivity contribution in [2.45, 2.75) is 14.7 Å². The molecule has 8 aromatic rings. The minimum absolute atomic E-state index is 0.0312. The second kappa shape index (κ2) is 19.8. The van der Waals surface area contributed by atoms with Crippen LogP contribution in [0.15, 0.2) is 171 Å². The van der Waals surface area contributed by atoms with Gasteiger partial charge in [-0.25, -0.2) is 0 Å². The molecule has 0 aliphatic rings. The summed E-state index contributed by atoms with van der Waals surface area (Å²) in [4.78, 5) is -2.53. The number of nitrogens with two attached hydrogens (primary N) is 4. The Morgan fingerprint density at radius 3 is 1.47 bits per heavy atom. The number of ether oxygens (including phenoxy) is 2. The number of phenolic OH excluding ortho intramolecular Hbond substituents is 2. The third kappa shape index (κ3) is 10.6. The molecule has 28 heteroatoms. The zero-order valence-corrected chi connectivity index (χ0v) is 40.5. The van der Waals surface area contributed by atoms with E-state index in [2.05, 4.69) is 40.9 Å². The Labute approximate surface area is 419 Å². The second-order valence-electron chi connectivity index (χ2n) is 15.7. The van der Waals surface area contributed by atoms with Gasteiger partial charge in [0.05, 0.1) is 31.3 Å². The molecular weight excluding hydrogens is 1020 g/mol. The Bertz CT molecular complexity index is 4120. The summed E-state index contributed by atoms with van der Waals surface area (Å²) in [7, 11) is -12.3. The fourth-order valence-corrected chi connectivity index (χ4v) is 9.26. The van der Waals surface area contributed by atoms with Crippen LogP contribution in [-0.4, -0.2) is 63.3 Å². The van der Waals surface area contributed by atoms with Crippen LogP contribution in [0.5, 0.6) is 23.0 Å². The number of benzene rings is 8. The average molecular weight is 1060 g/mol. The Hall–Kier alpha value is -9.19. The van der Waals surface area contributed by atoms with Crippen molar-refractivity contribution in [3.8, 4) is 34.1 Å². The van der Waals surface area contributed by atoms with Gasteiger partial charge < -0.3 is 42.6 Å². The summed E-state index contributed by atoms with van der Waals surface area (Å²) in [5.74, 6) is -1.13. The van der Waals surface area contributed by atoms with Crippen molar-refractivity contribution in [2.75, 3.05) is 37.2 Å². The van der Waals surface area contributed by atoms with E-state index < -0.39 is 67.9 Å². The molecule has 25 nitrogen and oxygen atoms in total. The number of phenols is 2. The Balaban J connectivity index is 1.13. The minimum Gasteiger partial charge on any atom is -0.505 e. The van der Waals surface area contributed by atoms with E-state index in [1.165, 1.54) is 56.7 Å². The highest BCUT2D eigenvalue weighted by atomic mass is 32.2. The third-order valence-corrected chi connectivity index (χ3v) is 13.5. The van der Waals surface area contributed by atoms with Crippen LogP contribution in [0.25, 0.3) is 32.7 Å². The molecule has 0 fully saturated rings. The zero-order valence-electron chi connectivity index (χ0n) is 38.1. The SMILES string of the molecule is COc1cc(-c2ccc(N=Nc3c(S(=O)(=O)O)cc4ccc(N=Nc5c(S(=O)(=O)O)cc6c(N=Nc7ccc(N)cc7S(=O)(=O)O)c(N)ccc6c5O)cc4c3O)c(OC)c2)ccc1N=Nc1ccc(N)cc1N. The summed E-state index contributed by atoms with van der Waals surface area (Å²) < 4.78 is 116. The van der Waals surface area contributed by atoms with Crippen LogP contribution < -0.4 is 32.4 Å². The third-order valence-electron chi connectivity index (χ3n) is 10.9. The zero-order chi connectivity index (χ0) is 53.4. The van der Waals surface area contributed by atoms with E-state index >= 15 is 0 Å². The summed E-state index contributed by atoms with van der Waals surface area (Å²) in [6.45, 7) is 0. The molecule has 0 spiro atoms. The smallest absolute Gasteiger partial charge is 0.296 e. The van der Waals surface area contributed by atoms with Crippen LogP contribution in [0.3, 0.4) is 0 Å². The van der Waals surface area contributed by atoms with Gasteiger partial charge in [0.25, 0.3) is 30.4 Å². The number of hydrogen-bond acceptors (Lipinski definition) is 22. The first-order valence-electron chi connectivity index (χ1n) is 20.8. The molecule has 0 bridgehead atoms. The predicted octanol–water partition coefficient (Wildman–Crippen LogP) is 10.8. The second-order valence-corrected chi connectivity index (χ2v) is 19.9. The van der Waals surface area contributed by atoms with Crippen molar-refractivity contribution >= 4 is 120 Å². The lowest BCUT2D eigenvalue weighted by molar-refractivity contribution is 0.415. The molecule has 0 atom stereocenters. The number of nitrogen functional groups attached to an aromatic ring is 4. The topological polar surface area (TPSA) is 425 Å². The maximum atomic E-state index is 12.8. The first kappa shape index (κ1) is 51.2. The molecule has 0 aliphatic heterocycles. The van der Waals surface area contributed by atoms with Crippen molar-refractivity contribution in [3.63, 3.8) is 0 Å². The Kier molecular flexibility index (Phi) is 13.7. The maximum Gasteiger partial charge on any atom is 0.296 e. The minimum atomic E-state index is -5.24. The van der Waals surface area contributed by atoms with Gasteiger partial charge in [-0.3, -0.25) is 13.7 Å².